The summed E-state index contributed by atoms with van der Waals surface area (Å²) in [6.45, 7) is 4.54. The van der Waals surface area contributed by atoms with E-state index in [-0.39, 0.29) is 17.8 Å². The van der Waals surface area contributed by atoms with Gasteiger partial charge in [0.15, 0.2) is 0 Å². The van der Waals surface area contributed by atoms with E-state index in [1.165, 1.54) is 44.5 Å². The van der Waals surface area contributed by atoms with Crippen molar-refractivity contribution in [3.63, 3.8) is 0 Å². The van der Waals surface area contributed by atoms with Crippen molar-refractivity contribution < 1.29 is 13.9 Å². The third-order valence-electron chi connectivity index (χ3n) is 5.91. The molecule has 2 fully saturated rings. The molecule has 4 nitrogen and oxygen atoms in total. The molecule has 0 spiro atoms. The number of carbonyl (C=O) groups is 1. The van der Waals surface area contributed by atoms with Crippen molar-refractivity contribution in [3.05, 3.63) is 71.6 Å². The van der Waals surface area contributed by atoms with Gasteiger partial charge in [0.25, 0.3) is 0 Å². The van der Waals surface area contributed by atoms with Crippen LogP contribution in [-0.2, 0) is 11.3 Å². The highest BCUT2D eigenvalue weighted by molar-refractivity contribution is 5.92. The highest BCUT2D eigenvalue weighted by atomic mass is 19.1. The first-order valence-corrected chi connectivity index (χ1v) is 11.4. The average molecular weight is 423 g/mol. The molecule has 2 aromatic rings. The van der Waals surface area contributed by atoms with Gasteiger partial charge in [0.1, 0.15) is 18.2 Å². The van der Waals surface area contributed by atoms with Crippen LogP contribution in [0.5, 0.6) is 5.75 Å². The number of piperidine rings is 1. The fraction of sp³-hybridized carbons (Fsp3) is 0.423. The van der Waals surface area contributed by atoms with Crippen molar-refractivity contribution in [2.75, 3.05) is 26.2 Å². The molecule has 0 atom stereocenters. The molecule has 0 unspecified atom stereocenters. The highest BCUT2D eigenvalue weighted by Gasteiger charge is 2.31. The SMILES string of the molecule is O=C(C=Cc1cccc(F)c1)N(Cc1cccc(OCCN2CCCCC2)c1)C1CC1. The topological polar surface area (TPSA) is 32.8 Å². The number of rotatable bonds is 9. The number of ether oxygens (including phenoxy) is 1. The Morgan fingerprint density at radius 3 is 2.68 bits per heavy atom. The first kappa shape index (κ1) is 21.6. The third-order valence-corrected chi connectivity index (χ3v) is 5.91. The Kier molecular flexibility index (Phi) is 7.36. The van der Waals surface area contributed by atoms with E-state index in [2.05, 4.69) is 4.90 Å². The minimum Gasteiger partial charge on any atom is -0.492 e. The zero-order valence-corrected chi connectivity index (χ0v) is 18.0. The third kappa shape index (κ3) is 6.66. The van der Waals surface area contributed by atoms with Gasteiger partial charge < -0.3 is 9.64 Å². The van der Waals surface area contributed by atoms with Gasteiger partial charge in [0.2, 0.25) is 5.91 Å². The fourth-order valence-corrected chi connectivity index (χ4v) is 4.05. The lowest BCUT2D eigenvalue weighted by molar-refractivity contribution is -0.127. The van der Waals surface area contributed by atoms with Gasteiger partial charge in [-0.25, -0.2) is 4.39 Å². The minimum atomic E-state index is -0.300. The summed E-state index contributed by atoms with van der Waals surface area (Å²) in [5.74, 6) is 0.516. The van der Waals surface area contributed by atoms with Gasteiger partial charge in [-0.1, -0.05) is 30.7 Å². The summed E-state index contributed by atoms with van der Waals surface area (Å²) in [5.41, 5.74) is 1.75. The Bertz CT molecular complexity index is 904. The van der Waals surface area contributed by atoms with Crippen LogP contribution in [0.25, 0.3) is 6.08 Å². The lowest BCUT2D eigenvalue weighted by Gasteiger charge is -2.26. The van der Waals surface area contributed by atoms with Crippen LogP contribution >= 0.6 is 0 Å². The number of hydrogen-bond donors (Lipinski definition) is 0. The summed E-state index contributed by atoms with van der Waals surface area (Å²) in [6.07, 6.45) is 9.21. The van der Waals surface area contributed by atoms with E-state index in [0.717, 1.165) is 30.7 Å². The van der Waals surface area contributed by atoms with Crippen LogP contribution in [0.1, 0.15) is 43.2 Å². The molecule has 0 N–H and O–H groups in total. The number of likely N-dealkylation sites (tertiary alicyclic amines) is 1. The van der Waals surface area contributed by atoms with Crippen LogP contribution in [0.15, 0.2) is 54.6 Å². The molecule has 0 bridgehead atoms. The number of benzene rings is 2. The van der Waals surface area contributed by atoms with E-state index >= 15 is 0 Å². The zero-order valence-electron chi connectivity index (χ0n) is 18.0. The molecule has 1 heterocycles. The molecule has 0 radical (unpaired) electrons. The fourth-order valence-electron chi connectivity index (χ4n) is 4.05. The van der Waals surface area contributed by atoms with Gasteiger partial charge in [0.05, 0.1) is 0 Å². The van der Waals surface area contributed by atoms with Crippen LogP contribution in [0.3, 0.4) is 0 Å². The summed E-state index contributed by atoms with van der Waals surface area (Å²) in [6, 6.07) is 14.6. The van der Waals surface area contributed by atoms with Crippen molar-refractivity contribution in [2.45, 2.75) is 44.7 Å². The molecular weight excluding hydrogens is 391 g/mol. The second-order valence-corrected chi connectivity index (χ2v) is 8.48. The van der Waals surface area contributed by atoms with Crippen LogP contribution in [-0.4, -0.2) is 48.0 Å². The Hall–Kier alpha value is -2.66. The van der Waals surface area contributed by atoms with E-state index < -0.39 is 0 Å². The summed E-state index contributed by atoms with van der Waals surface area (Å²) < 4.78 is 19.4. The summed E-state index contributed by atoms with van der Waals surface area (Å²) in [4.78, 5) is 17.2. The van der Waals surface area contributed by atoms with E-state index in [4.69, 9.17) is 4.74 Å². The van der Waals surface area contributed by atoms with Gasteiger partial charge in [-0.3, -0.25) is 9.69 Å². The number of nitrogens with zero attached hydrogens (tertiary/aromatic N) is 2. The molecule has 5 heteroatoms. The van der Waals surface area contributed by atoms with Gasteiger partial charge in [-0.2, -0.15) is 0 Å². The molecule has 1 amide bonds. The second kappa shape index (κ2) is 10.6. The van der Waals surface area contributed by atoms with Crippen molar-refractivity contribution >= 4 is 12.0 Å². The lowest BCUT2D eigenvalue weighted by atomic mass is 10.1. The van der Waals surface area contributed by atoms with Crippen molar-refractivity contribution in [3.8, 4) is 5.75 Å². The predicted octanol–water partition coefficient (Wildman–Crippen LogP) is 4.89. The maximum atomic E-state index is 13.4. The van der Waals surface area contributed by atoms with Gasteiger partial charge in [0, 0.05) is 25.2 Å². The summed E-state index contributed by atoms with van der Waals surface area (Å²) in [7, 11) is 0. The van der Waals surface area contributed by atoms with Crippen molar-refractivity contribution in [2.24, 2.45) is 0 Å². The zero-order chi connectivity index (χ0) is 21.5. The van der Waals surface area contributed by atoms with Crippen LogP contribution in [0.4, 0.5) is 4.39 Å². The normalized spacial score (nSPS) is 17.1. The number of hydrogen-bond acceptors (Lipinski definition) is 3. The molecule has 2 aromatic carbocycles. The molecule has 1 saturated carbocycles. The predicted molar refractivity (Wildman–Crippen MR) is 121 cm³/mol. The van der Waals surface area contributed by atoms with Crippen molar-refractivity contribution in [1.82, 2.24) is 9.80 Å². The van der Waals surface area contributed by atoms with Crippen molar-refractivity contribution in [1.29, 1.82) is 0 Å². The number of amides is 1. The summed E-state index contributed by atoms with van der Waals surface area (Å²) in [5, 5.41) is 0. The quantitative estimate of drug-likeness (QED) is 0.539. The molecule has 1 saturated heterocycles. The molecule has 31 heavy (non-hydrogen) atoms. The smallest absolute Gasteiger partial charge is 0.247 e. The highest BCUT2D eigenvalue weighted by Crippen LogP contribution is 2.29. The number of halogens is 1. The molecular formula is C26H31FN2O2. The average Bonchev–Trinajstić information content (AvgIpc) is 3.62. The minimum absolute atomic E-state index is 0.0387. The molecule has 164 valence electrons. The standard InChI is InChI=1S/C26H31FN2O2/c27-23-8-4-6-21(18-23)10-13-26(30)29(24-11-12-24)20-22-7-5-9-25(19-22)31-17-16-28-14-2-1-3-15-28/h4-10,13,18-19,24H,1-3,11-12,14-17,20H2. The second-order valence-electron chi connectivity index (χ2n) is 8.48. The molecule has 1 aliphatic carbocycles. The van der Waals surface area contributed by atoms with Crippen LogP contribution in [0, 0.1) is 5.82 Å². The Morgan fingerprint density at radius 1 is 1.10 bits per heavy atom. The Labute approximate surface area is 184 Å². The van der Waals surface area contributed by atoms with Gasteiger partial charge in [-0.05, 0) is 80.2 Å². The maximum Gasteiger partial charge on any atom is 0.247 e. The van der Waals surface area contributed by atoms with E-state index in [1.807, 2.05) is 29.2 Å². The number of carbonyl (C=O) groups excluding carboxylic acids is 1. The van der Waals surface area contributed by atoms with Gasteiger partial charge >= 0.3 is 0 Å². The summed E-state index contributed by atoms with van der Waals surface area (Å²) >= 11 is 0. The molecule has 2 aliphatic rings. The van der Waals surface area contributed by atoms with E-state index in [1.54, 1.807) is 24.3 Å². The molecule has 1 aliphatic heterocycles. The van der Waals surface area contributed by atoms with Gasteiger partial charge in [-0.15, -0.1) is 0 Å². The van der Waals surface area contributed by atoms with E-state index in [0.29, 0.717) is 18.7 Å². The Morgan fingerprint density at radius 2 is 1.90 bits per heavy atom. The van der Waals surface area contributed by atoms with Crippen LogP contribution < -0.4 is 4.74 Å². The largest absolute Gasteiger partial charge is 0.492 e. The molecule has 0 aromatic heterocycles. The maximum absolute atomic E-state index is 13.4. The first-order valence-electron chi connectivity index (χ1n) is 11.4. The van der Waals surface area contributed by atoms with E-state index in [9.17, 15) is 9.18 Å². The lowest BCUT2D eigenvalue weighted by Crippen LogP contribution is -2.33. The monoisotopic (exact) mass is 422 g/mol. The molecule has 4 rings (SSSR count). The Balaban J connectivity index is 1.33. The first-order chi connectivity index (χ1) is 15.2. The van der Waals surface area contributed by atoms with Crippen LogP contribution in [0.2, 0.25) is 0 Å².